The number of aliphatic hydroxyl groups is 1. The Morgan fingerprint density at radius 2 is 1.14 bits per heavy atom. The Kier molecular flexibility index (Phi) is 18.1. The van der Waals surface area contributed by atoms with Crippen LogP contribution < -0.4 is 0 Å². The van der Waals surface area contributed by atoms with E-state index in [-0.39, 0.29) is 12.8 Å². The van der Waals surface area contributed by atoms with E-state index in [0.29, 0.717) is 13.2 Å². The van der Waals surface area contributed by atoms with E-state index in [9.17, 15) is 14.7 Å². The zero-order chi connectivity index (χ0) is 21.8. The molecule has 0 saturated heterocycles. The van der Waals surface area contributed by atoms with Crippen molar-refractivity contribution in [3.8, 4) is 0 Å². The van der Waals surface area contributed by atoms with Crippen molar-refractivity contribution in [1.29, 1.82) is 0 Å². The molecule has 0 spiro atoms. The molecule has 0 aromatic rings. The van der Waals surface area contributed by atoms with E-state index < -0.39 is 17.5 Å². The normalized spacial score (nSPS) is 11.7. The zero-order valence-corrected chi connectivity index (χ0v) is 18.5. The van der Waals surface area contributed by atoms with Crippen LogP contribution in [0.2, 0.25) is 0 Å². The van der Waals surface area contributed by atoms with Crippen molar-refractivity contribution in [1.82, 2.24) is 0 Å². The monoisotopic (exact) mass is 416 g/mol. The standard InChI is InChI=1S/C23H44O6/c1-2-3-14-19-29-20-23(28,17-12-8-4-6-10-15-21(24)25)18-13-9-5-7-11-16-22(26)27/h28H,2-20H2,1H3,(H,24,25)(H,26,27). The van der Waals surface area contributed by atoms with Crippen LogP contribution in [-0.4, -0.2) is 46.1 Å². The van der Waals surface area contributed by atoms with Crippen molar-refractivity contribution >= 4 is 11.9 Å². The second kappa shape index (κ2) is 18.9. The maximum Gasteiger partial charge on any atom is 0.303 e. The van der Waals surface area contributed by atoms with E-state index in [1.807, 2.05) is 0 Å². The van der Waals surface area contributed by atoms with Crippen molar-refractivity contribution in [2.24, 2.45) is 0 Å². The van der Waals surface area contributed by atoms with Crippen LogP contribution in [0.15, 0.2) is 0 Å². The van der Waals surface area contributed by atoms with Crippen molar-refractivity contribution in [3.05, 3.63) is 0 Å². The summed E-state index contributed by atoms with van der Waals surface area (Å²) in [4.78, 5) is 21.1. The molecule has 0 aliphatic heterocycles. The molecule has 0 rings (SSSR count). The Hall–Kier alpha value is -1.14. The predicted molar refractivity (Wildman–Crippen MR) is 115 cm³/mol. The molecule has 6 heteroatoms. The van der Waals surface area contributed by atoms with Crippen molar-refractivity contribution < 1.29 is 29.6 Å². The number of unbranched alkanes of at least 4 members (excludes halogenated alkanes) is 10. The van der Waals surface area contributed by atoms with Crippen molar-refractivity contribution in [3.63, 3.8) is 0 Å². The molecule has 29 heavy (non-hydrogen) atoms. The number of rotatable bonds is 22. The molecule has 0 bridgehead atoms. The van der Waals surface area contributed by atoms with E-state index in [1.165, 1.54) is 0 Å². The Morgan fingerprint density at radius 3 is 1.59 bits per heavy atom. The molecule has 0 atom stereocenters. The van der Waals surface area contributed by atoms with Crippen LogP contribution in [0.1, 0.15) is 116 Å². The number of carboxylic acids is 2. The average molecular weight is 417 g/mol. The highest BCUT2D eigenvalue weighted by Gasteiger charge is 2.26. The minimum Gasteiger partial charge on any atom is -0.481 e. The third-order valence-corrected chi connectivity index (χ3v) is 5.33. The smallest absolute Gasteiger partial charge is 0.303 e. The Morgan fingerprint density at radius 1 is 0.690 bits per heavy atom. The highest BCUT2D eigenvalue weighted by Crippen LogP contribution is 2.24. The number of aliphatic carboxylic acids is 2. The molecular formula is C23H44O6. The Labute approximate surface area is 177 Å². The van der Waals surface area contributed by atoms with Gasteiger partial charge in [-0.25, -0.2) is 0 Å². The fraction of sp³-hybridized carbons (Fsp3) is 0.913. The van der Waals surface area contributed by atoms with Crippen LogP contribution in [0.5, 0.6) is 0 Å². The lowest BCUT2D eigenvalue weighted by Crippen LogP contribution is -2.34. The maximum atomic E-state index is 11.0. The lowest BCUT2D eigenvalue weighted by molar-refractivity contribution is -0.138. The summed E-state index contributed by atoms with van der Waals surface area (Å²) in [7, 11) is 0. The molecule has 0 saturated carbocycles. The third-order valence-electron chi connectivity index (χ3n) is 5.33. The van der Waals surface area contributed by atoms with E-state index in [4.69, 9.17) is 14.9 Å². The van der Waals surface area contributed by atoms with E-state index in [0.717, 1.165) is 96.3 Å². The van der Waals surface area contributed by atoms with Crippen LogP contribution in [-0.2, 0) is 14.3 Å². The summed E-state index contributed by atoms with van der Waals surface area (Å²) in [6.45, 7) is 3.23. The molecule has 0 aliphatic carbocycles. The average Bonchev–Trinajstić information content (AvgIpc) is 2.66. The topological polar surface area (TPSA) is 104 Å². The maximum absolute atomic E-state index is 11.0. The predicted octanol–water partition coefficient (Wildman–Crippen LogP) is 5.55. The molecule has 0 aliphatic rings. The van der Waals surface area contributed by atoms with Gasteiger partial charge in [0.2, 0.25) is 0 Å². The number of hydrogen-bond donors (Lipinski definition) is 3. The lowest BCUT2D eigenvalue weighted by Gasteiger charge is -2.28. The number of carboxylic acid groups (broad SMARTS) is 2. The quantitative estimate of drug-likeness (QED) is 0.200. The van der Waals surface area contributed by atoms with Gasteiger partial charge in [-0.05, 0) is 32.1 Å². The summed E-state index contributed by atoms with van der Waals surface area (Å²) >= 11 is 0. The summed E-state index contributed by atoms with van der Waals surface area (Å²) in [6, 6.07) is 0. The molecule has 0 fully saturated rings. The first-order valence-electron chi connectivity index (χ1n) is 11.6. The highest BCUT2D eigenvalue weighted by molar-refractivity contribution is 5.66. The van der Waals surface area contributed by atoms with E-state index in [2.05, 4.69) is 6.92 Å². The van der Waals surface area contributed by atoms with Gasteiger partial charge in [0, 0.05) is 19.4 Å². The van der Waals surface area contributed by atoms with Gasteiger partial charge in [0.1, 0.15) is 0 Å². The van der Waals surface area contributed by atoms with Crippen LogP contribution in [0.3, 0.4) is 0 Å². The molecule has 0 aromatic heterocycles. The van der Waals surface area contributed by atoms with Crippen molar-refractivity contribution in [2.75, 3.05) is 13.2 Å². The fourth-order valence-corrected chi connectivity index (χ4v) is 3.51. The molecule has 0 amide bonds. The Bertz CT molecular complexity index is 382. The fourth-order valence-electron chi connectivity index (χ4n) is 3.51. The molecule has 0 unspecified atom stereocenters. The number of hydrogen-bond acceptors (Lipinski definition) is 4. The largest absolute Gasteiger partial charge is 0.481 e. The first-order chi connectivity index (χ1) is 13.9. The van der Waals surface area contributed by atoms with Crippen LogP contribution in [0, 0.1) is 0 Å². The summed E-state index contributed by atoms with van der Waals surface area (Å²) in [5, 5.41) is 28.4. The van der Waals surface area contributed by atoms with Gasteiger partial charge in [0.25, 0.3) is 0 Å². The molecule has 6 nitrogen and oxygen atoms in total. The van der Waals surface area contributed by atoms with Gasteiger partial charge in [-0.1, -0.05) is 71.1 Å². The van der Waals surface area contributed by atoms with Crippen LogP contribution in [0.25, 0.3) is 0 Å². The van der Waals surface area contributed by atoms with Crippen LogP contribution >= 0.6 is 0 Å². The summed E-state index contributed by atoms with van der Waals surface area (Å²) in [5.74, 6) is -1.47. The lowest BCUT2D eigenvalue weighted by atomic mass is 9.90. The molecule has 3 N–H and O–H groups in total. The van der Waals surface area contributed by atoms with Crippen LogP contribution in [0.4, 0.5) is 0 Å². The van der Waals surface area contributed by atoms with Gasteiger partial charge in [-0.15, -0.1) is 0 Å². The highest BCUT2D eigenvalue weighted by atomic mass is 16.5. The molecule has 0 heterocycles. The van der Waals surface area contributed by atoms with Gasteiger partial charge < -0.3 is 20.1 Å². The molecule has 172 valence electrons. The number of carbonyl (C=O) groups is 2. The molecule has 0 radical (unpaired) electrons. The minimum atomic E-state index is -0.783. The third kappa shape index (κ3) is 19.9. The van der Waals surface area contributed by atoms with E-state index in [1.54, 1.807) is 0 Å². The minimum absolute atomic E-state index is 0.238. The summed E-state index contributed by atoms with van der Waals surface area (Å²) in [5.41, 5.74) is -0.783. The first kappa shape index (κ1) is 27.9. The molecule has 0 aromatic carbocycles. The van der Waals surface area contributed by atoms with Gasteiger partial charge in [0.05, 0.1) is 12.2 Å². The SMILES string of the molecule is CCCCCOCC(O)(CCCCCCCC(=O)O)CCCCCCCC(=O)O. The van der Waals surface area contributed by atoms with Gasteiger partial charge in [-0.3, -0.25) is 9.59 Å². The first-order valence-corrected chi connectivity index (χ1v) is 11.6. The second-order valence-corrected chi connectivity index (χ2v) is 8.31. The van der Waals surface area contributed by atoms with E-state index >= 15 is 0 Å². The van der Waals surface area contributed by atoms with Crippen molar-refractivity contribution in [2.45, 2.75) is 122 Å². The van der Waals surface area contributed by atoms with Gasteiger partial charge in [0.15, 0.2) is 0 Å². The Balaban J connectivity index is 4.07. The summed E-state index contributed by atoms with van der Waals surface area (Å²) in [6.07, 6.45) is 14.4. The summed E-state index contributed by atoms with van der Waals surface area (Å²) < 4.78 is 5.76. The zero-order valence-electron chi connectivity index (χ0n) is 18.5. The van der Waals surface area contributed by atoms with Gasteiger partial charge in [-0.2, -0.15) is 0 Å². The second-order valence-electron chi connectivity index (χ2n) is 8.31. The molecular weight excluding hydrogens is 372 g/mol. The number of ether oxygens (including phenoxy) is 1. The van der Waals surface area contributed by atoms with Gasteiger partial charge >= 0.3 is 11.9 Å².